The Labute approximate surface area is 249 Å². The SMILES string of the molecule is CC(C)(C)NC(=O)[C@H](Cc1ccccc1)N(Cc1cccc(Br)c1)C(=O)COc1ccc(C(C)(C)C)cc1Br. The van der Waals surface area contributed by atoms with E-state index in [1.165, 1.54) is 0 Å². The third-order valence-electron chi connectivity index (χ3n) is 6.16. The molecule has 0 spiro atoms. The van der Waals surface area contributed by atoms with Crippen molar-refractivity contribution in [2.24, 2.45) is 0 Å². The second-order valence-corrected chi connectivity index (χ2v) is 13.6. The summed E-state index contributed by atoms with van der Waals surface area (Å²) in [6.45, 7) is 12.3. The summed E-state index contributed by atoms with van der Waals surface area (Å²) in [4.78, 5) is 29.1. The van der Waals surface area contributed by atoms with Gasteiger partial charge in [-0.1, -0.05) is 85.2 Å². The van der Waals surface area contributed by atoms with Crippen LogP contribution in [-0.4, -0.2) is 34.9 Å². The Morgan fingerprint density at radius 2 is 1.54 bits per heavy atom. The van der Waals surface area contributed by atoms with Crippen molar-refractivity contribution in [3.8, 4) is 5.75 Å². The lowest BCUT2D eigenvalue weighted by molar-refractivity contribution is -0.143. The van der Waals surface area contributed by atoms with Gasteiger partial charge in [-0.15, -0.1) is 0 Å². The summed E-state index contributed by atoms with van der Waals surface area (Å²) in [7, 11) is 0. The zero-order valence-corrected chi connectivity index (χ0v) is 26.7. The zero-order valence-electron chi connectivity index (χ0n) is 23.6. The van der Waals surface area contributed by atoms with E-state index < -0.39 is 11.6 Å². The molecule has 0 aliphatic heterocycles. The van der Waals surface area contributed by atoms with Gasteiger partial charge in [-0.2, -0.15) is 0 Å². The number of carbonyl (C=O) groups is 2. The largest absolute Gasteiger partial charge is 0.483 e. The van der Waals surface area contributed by atoms with Crippen LogP contribution in [0.4, 0.5) is 0 Å². The molecule has 0 bridgehead atoms. The number of halogens is 2. The number of benzene rings is 3. The summed E-state index contributed by atoms with van der Waals surface area (Å²) >= 11 is 7.12. The van der Waals surface area contributed by atoms with E-state index in [2.05, 4.69) is 57.9 Å². The monoisotopic (exact) mass is 656 g/mol. The Morgan fingerprint density at radius 1 is 0.872 bits per heavy atom. The van der Waals surface area contributed by atoms with Crippen LogP contribution in [-0.2, 0) is 28.0 Å². The molecule has 5 nitrogen and oxygen atoms in total. The first-order valence-electron chi connectivity index (χ1n) is 13.1. The molecule has 0 saturated carbocycles. The molecule has 0 aromatic heterocycles. The van der Waals surface area contributed by atoms with Crippen molar-refractivity contribution in [3.63, 3.8) is 0 Å². The first kappa shape index (κ1) is 30.9. The lowest BCUT2D eigenvalue weighted by atomic mass is 9.87. The summed E-state index contributed by atoms with van der Waals surface area (Å²) in [6, 6.07) is 22.7. The molecule has 0 aliphatic rings. The van der Waals surface area contributed by atoms with Gasteiger partial charge in [-0.25, -0.2) is 0 Å². The van der Waals surface area contributed by atoms with Gasteiger partial charge in [0.05, 0.1) is 4.47 Å². The molecule has 39 heavy (non-hydrogen) atoms. The number of ether oxygens (including phenoxy) is 1. The first-order valence-corrected chi connectivity index (χ1v) is 14.6. The number of amides is 2. The lowest BCUT2D eigenvalue weighted by Gasteiger charge is -2.34. The molecule has 3 aromatic rings. The Bertz CT molecular complexity index is 1280. The van der Waals surface area contributed by atoms with Gasteiger partial charge in [-0.05, 0) is 83.1 Å². The molecule has 0 saturated heterocycles. The van der Waals surface area contributed by atoms with Gasteiger partial charge >= 0.3 is 0 Å². The molecule has 3 rings (SSSR count). The first-order chi connectivity index (χ1) is 18.2. The highest BCUT2D eigenvalue weighted by molar-refractivity contribution is 9.10. The van der Waals surface area contributed by atoms with Crippen LogP contribution in [0, 0.1) is 0 Å². The molecule has 1 atom stereocenters. The van der Waals surface area contributed by atoms with Crippen LogP contribution < -0.4 is 10.1 Å². The van der Waals surface area contributed by atoms with Crippen LogP contribution >= 0.6 is 31.9 Å². The fraction of sp³-hybridized carbons (Fsp3) is 0.375. The van der Waals surface area contributed by atoms with Gasteiger partial charge in [0, 0.05) is 23.0 Å². The maximum atomic E-state index is 13.8. The Kier molecular flexibility index (Phi) is 10.4. The fourth-order valence-electron chi connectivity index (χ4n) is 4.15. The molecule has 0 aliphatic carbocycles. The van der Waals surface area contributed by atoms with Gasteiger partial charge in [0.2, 0.25) is 5.91 Å². The van der Waals surface area contributed by atoms with E-state index in [-0.39, 0.29) is 30.4 Å². The highest BCUT2D eigenvalue weighted by Gasteiger charge is 2.32. The minimum atomic E-state index is -0.728. The Balaban J connectivity index is 1.93. The predicted octanol–water partition coefficient (Wildman–Crippen LogP) is 7.44. The average Bonchev–Trinajstić information content (AvgIpc) is 2.84. The van der Waals surface area contributed by atoms with E-state index in [0.717, 1.165) is 25.6 Å². The van der Waals surface area contributed by atoms with Crippen LogP contribution in [0.2, 0.25) is 0 Å². The molecule has 1 N–H and O–H groups in total. The van der Waals surface area contributed by atoms with Crippen molar-refractivity contribution in [3.05, 3.63) is 98.4 Å². The number of hydrogen-bond donors (Lipinski definition) is 1. The number of nitrogens with zero attached hydrogens (tertiary/aromatic N) is 1. The predicted molar refractivity (Wildman–Crippen MR) is 165 cm³/mol. The third kappa shape index (κ3) is 9.50. The van der Waals surface area contributed by atoms with Crippen LogP contribution in [0.25, 0.3) is 0 Å². The minimum absolute atomic E-state index is 0.0112. The molecule has 3 aromatic carbocycles. The highest BCUT2D eigenvalue weighted by atomic mass is 79.9. The fourth-order valence-corrected chi connectivity index (χ4v) is 5.09. The molecule has 0 unspecified atom stereocenters. The highest BCUT2D eigenvalue weighted by Crippen LogP contribution is 2.31. The van der Waals surface area contributed by atoms with Crippen LogP contribution in [0.1, 0.15) is 58.2 Å². The van der Waals surface area contributed by atoms with Crippen molar-refractivity contribution in [1.82, 2.24) is 10.2 Å². The van der Waals surface area contributed by atoms with Crippen LogP contribution in [0.5, 0.6) is 5.75 Å². The summed E-state index contributed by atoms with van der Waals surface area (Å²) < 4.78 is 7.70. The van der Waals surface area contributed by atoms with Crippen molar-refractivity contribution in [2.75, 3.05) is 6.61 Å². The summed E-state index contributed by atoms with van der Waals surface area (Å²) in [5, 5.41) is 3.08. The summed E-state index contributed by atoms with van der Waals surface area (Å²) in [6.07, 6.45) is 0.381. The minimum Gasteiger partial charge on any atom is -0.483 e. The van der Waals surface area contributed by atoms with Crippen molar-refractivity contribution in [1.29, 1.82) is 0 Å². The van der Waals surface area contributed by atoms with Gasteiger partial charge in [0.15, 0.2) is 6.61 Å². The molecule has 208 valence electrons. The van der Waals surface area contributed by atoms with Gasteiger partial charge in [0.1, 0.15) is 11.8 Å². The molecule has 0 radical (unpaired) electrons. The number of rotatable bonds is 9. The number of hydrogen-bond acceptors (Lipinski definition) is 3. The van der Waals surface area contributed by atoms with E-state index >= 15 is 0 Å². The molecular formula is C32H38Br2N2O3. The van der Waals surface area contributed by atoms with Crippen molar-refractivity contribution >= 4 is 43.7 Å². The quantitative estimate of drug-likeness (QED) is 0.260. The van der Waals surface area contributed by atoms with E-state index in [9.17, 15) is 9.59 Å². The Hall–Kier alpha value is -2.64. The van der Waals surface area contributed by atoms with Crippen LogP contribution in [0.3, 0.4) is 0 Å². The Morgan fingerprint density at radius 3 is 2.13 bits per heavy atom. The van der Waals surface area contributed by atoms with E-state index in [0.29, 0.717) is 12.2 Å². The van der Waals surface area contributed by atoms with E-state index in [1.807, 2.05) is 93.6 Å². The van der Waals surface area contributed by atoms with Crippen LogP contribution in [0.15, 0.2) is 81.7 Å². The topological polar surface area (TPSA) is 58.6 Å². The normalized spacial score (nSPS) is 12.5. The zero-order chi connectivity index (χ0) is 28.8. The summed E-state index contributed by atoms with van der Waals surface area (Å²) in [5.41, 5.74) is 2.58. The van der Waals surface area contributed by atoms with E-state index in [1.54, 1.807) is 4.90 Å². The maximum absolute atomic E-state index is 13.8. The number of carbonyl (C=O) groups excluding carboxylic acids is 2. The standard InChI is InChI=1S/C32H38Br2N2O3/c1-31(2,3)24-15-16-28(26(34)19-24)39-21-29(37)36(20-23-13-10-14-25(33)17-23)27(30(38)35-32(4,5)6)18-22-11-8-7-9-12-22/h7-17,19,27H,18,20-21H2,1-6H3,(H,35,38)/t27-/m0/s1. The van der Waals surface area contributed by atoms with Gasteiger partial charge in [-0.3, -0.25) is 9.59 Å². The second-order valence-electron chi connectivity index (χ2n) is 11.8. The molecule has 2 amide bonds. The maximum Gasteiger partial charge on any atom is 0.261 e. The average molecular weight is 658 g/mol. The molecule has 0 heterocycles. The molecule has 0 fully saturated rings. The summed E-state index contributed by atoms with van der Waals surface area (Å²) in [5.74, 6) is 0.106. The molecule has 7 heteroatoms. The van der Waals surface area contributed by atoms with Crippen molar-refractivity contribution in [2.45, 2.75) is 71.5 Å². The van der Waals surface area contributed by atoms with Crippen molar-refractivity contribution < 1.29 is 14.3 Å². The number of nitrogens with one attached hydrogen (secondary N) is 1. The smallest absolute Gasteiger partial charge is 0.261 e. The lowest BCUT2D eigenvalue weighted by Crippen LogP contribution is -2.55. The second kappa shape index (κ2) is 13.1. The van der Waals surface area contributed by atoms with Gasteiger partial charge < -0.3 is 15.0 Å². The van der Waals surface area contributed by atoms with E-state index in [4.69, 9.17) is 4.74 Å². The van der Waals surface area contributed by atoms with Gasteiger partial charge in [0.25, 0.3) is 5.91 Å². The third-order valence-corrected chi connectivity index (χ3v) is 7.27. The molecular weight excluding hydrogens is 620 g/mol.